The minimum absolute atomic E-state index is 0.0876. The lowest BCUT2D eigenvalue weighted by atomic mass is 9.85. The van der Waals surface area contributed by atoms with Gasteiger partial charge in [-0.15, -0.1) is 0 Å². The highest BCUT2D eigenvalue weighted by molar-refractivity contribution is 6.01. The Bertz CT molecular complexity index is 1010. The summed E-state index contributed by atoms with van der Waals surface area (Å²) in [5.41, 5.74) is 2.71. The summed E-state index contributed by atoms with van der Waals surface area (Å²) in [6.45, 7) is 6.07. The number of aryl methyl sites for hydroxylation is 1. The van der Waals surface area contributed by atoms with E-state index in [-0.39, 0.29) is 5.78 Å². The number of hydrogen-bond donors (Lipinski definition) is 0. The lowest BCUT2D eigenvalue weighted by Gasteiger charge is -2.36. The van der Waals surface area contributed by atoms with E-state index < -0.39 is 5.60 Å². The second kappa shape index (κ2) is 6.61. The fourth-order valence-electron chi connectivity index (χ4n) is 3.42. The maximum atomic E-state index is 12.7. The summed E-state index contributed by atoms with van der Waals surface area (Å²) in [7, 11) is 0. The molecule has 2 aromatic heterocycles. The third-order valence-corrected chi connectivity index (χ3v) is 5.33. The van der Waals surface area contributed by atoms with Crippen molar-refractivity contribution in [1.29, 1.82) is 0 Å². The highest BCUT2D eigenvalue weighted by atomic mass is 16.5. The number of aromatic nitrogens is 3. The van der Waals surface area contributed by atoms with Crippen LogP contribution in [-0.4, -0.2) is 26.5 Å². The lowest BCUT2D eigenvalue weighted by molar-refractivity contribution is 0.0350. The first-order valence-corrected chi connectivity index (χ1v) is 9.16. The topological polar surface area (TPSA) is 78.1 Å². The monoisotopic (exact) mass is 363 g/mol. The molecular formula is C21H21N3O3. The quantitative estimate of drug-likeness (QED) is 0.672. The largest absolute Gasteiger partial charge is 0.486 e. The van der Waals surface area contributed by atoms with E-state index in [1.54, 1.807) is 18.5 Å². The number of ketones is 1. The first-order chi connectivity index (χ1) is 13.0. The van der Waals surface area contributed by atoms with E-state index >= 15 is 0 Å². The molecule has 6 nitrogen and oxygen atoms in total. The third-order valence-electron chi connectivity index (χ3n) is 5.33. The van der Waals surface area contributed by atoms with E-state index in [1.807, 2.05) is 25.1 Å². The molecule has 138 valence electrons. The van der Waals surface area contributed by atoms with E-state index in [0.717, 1.165) is 24.0 Å². The molecule has 0 saturated heterocycles. The van der Waals surface area contributed by atoms with Crippen LogP contribution in [0.1, 0.15) is 49.0 Å². The Hall–Kier alpha value is -3.02. The molecule has 1 aromatic carbocycles. The maximum absolute atomic E-state index is 12.7. The van der Waals surface area contributed by atoms with Gasteiger partial charge in [-0.3, -0.25) is 9.78 Å². The number of pyridine rings is 1. The summed E-state index contributed by atoms with van der Waals surface area (Å²) in [5.74, 6) is 1.56. The van der Waals surface area contributed by atoms with Gasteiger partial charge in [0.25, 0.3) is 5.89 Å². The maximum Gasteiger partial charge on any atom is 0.258 e. The Kier molecular flexibility index (Phi) is 4.26. The molecule has 4 rings (SSSR count). The SMILES string of the molecule is CCC1(CC)CC(=O)c2cc(-c3nc(-c4cnccc4C)no3)ccc2O1. The van der Waals surface area contributed by atoms with Crippen LogP contribution in [0.3, 0.4) is 0 Å². The molecule has 0 bridgehead atoms. The zero-order valence-electron chi connectivity index (χ0n) is 15.7. The zero-order chi connectivity index (χ0) is 19.0. The van der Waals surface area contributed by atoms with Gasteiger partial charge in [0.05, 0.1) is 12.0 Å². The molecule has 0 fully saturated rings. The second-order valence-electron chi connectivity index (χ2n) is 6.92. The molecule has 0 saturated carbocycles. The number of fused-ring (bicyclic) bond motifs is 1. The second-order valence-corrected chi connectivity index (χ2v) is 6.92. The Labute approximate surface area is 157 Å². The van der Waals surface area contributed by atoms with Crippen molar-refractivity contribution in [3.63, 3.8) is 0 Å². The lowest BCUT2D eigenvalue weighted by Crippen LogP contribution is -2.40. The van der Waals surface area contributed by atoms with Crippen molar-refractivity contribution < 1.29 is 14.1 Å². The van der Waals surface area contributed by atoms with Crippen molar-refractivity contribution in [2.75, 3.05) is 0 Å². The number of Topliss-reactive ketones (excluding diaryl/α,β-unsaturated/α-hetero) is 1. The van der Waals surface area contributed by atoms with E-state index in [2.05, 4.69) is 29.0 Å². The van der Waals surface area contributed by atoms with Crippen LogP contribution < -0.4 is 4.74 Å². The van der Waals surface area contributed by atoms with Crippen molar-refractivity contribution >= 4 is 5.78 Å². The van der Waals surface area contributed by atoms with Gasteiger partial charge < -0.3 is 9.26 Å². The van der Waals surface area contributed by atoms with Crippen LogP contribution in [0.5, 0.6) is 5.75 Å². The first kappa shape index (κ1) is 17.4. The molecule has 0 spiro atoms. The molecule has 3 heterocycles. The standard InChI is InChI=1S/C21H21N3O3/c1-4-21(5-2)11-17(25)15-10-14(6-7-18(15)26-21)20-23-19(24-27-20)16-12-22-9-8-13(16)3/h6-10,12H,4-5,11H2,1-3H3. The normalized spacial score (nSPS) is 15.3. The van der Waals surface area contributed by atoms with E-state index in [9.17, 15) is 4.79 Å². The number of carbonyl (C=O) groups excluding carboxylic acids is 1. The summed E-state index contributed by atoms with van der Waals surface area (Å²) >= 11 is 0. The minimum Gasteiger partial charge on any atom is -0.486 e. The highest BCUT2D eigenvalue weighted by Crippen LogP contribution is 2.39. The average Bonchev–Trinajstić information content (AvgIpc) is 3.18. The predicted molar refractivity (Wildman–Crippen MR) is 101 cm³/mol. The van der Waals surface area contributed by atoms with Crippen LogP contribution in [0.25, 0.3) is 22.8 Å². The molecule has 0 radical (unpaired) electrons. The van der Waals surface area contributed by atoms with Crippen molar-refractivity contribution in [1.82, 2.24) is 15.1 Å². The predicted octanol–water partition coefficient (Wildman–Crippen LogP) is 4.63. The zero-order valence-corrected chi connectivity index (χ0v) is 15.7. The molecule has 6 heteroatoms. The minimum atomic E-state index is -0.402. The molecule has 0 atom stereocenters. The van der Waals surface area contributed by atoms with Crippen LogP contribution in [0, 0.1) is 6.92 Å². The van der Waals surface area contributed by atoms with Crippen LogP contribution in [0.4, 0.5) is 0 Å². The molecule has 0 unspecified atom stereocenters. The Morgan fingerprint density at radius 3 is 2.70 bits per heavy atom. The highest BCUT2D eigenvalue weighted by Gasteiger charge is 2.37. The van der Waals surface area contributed by atoms with E-state index in [1.165, 1.54) is 0 Å². The molecule has 3 aromatic rings. The van der Waals surface area contributed by atoms with Gasteiger partial charge in [-0.25, -0.2) is 0 Å². The van der Waals surface area contributed by atoms with Gasteiger partial charge in [-0.1, -0.05) is 19.0 Å². The summed E-state index contributed by atoms with van der Waals surface area (Å²) in [6, 6.07) is 7.34. The van der Waals surface area contributed by atoms with Crippen molar-refractivity contribution in [2.45, 2.75) is 45.6 Å². The van der Waals surface area contributed by atoms with Crippen LogP contribution in [0.15, 0.2) is 41.2 Å². The molecule has 1 aliphatic heterocycles. The fraction of sp³-hybridized carbons (Fsp3) is 0.333. The van der Waals surface area contributed by atoms with Crippen LogP contribution >= 0.6 is 0 Å². The number of carbonyl (C=O) groups is 1. The molecule has 0 aliphatic carbocycles. The van der Waals surface area contributed by atoms with Crippen molar-refractivity contribution in [3.05, 3.63) is 47.8 Å². The van der Waals surface area contributed by atoms with Crippen molar-refractivity contribution in [2.24, 2.45) is 0 Å². The molecule has 0 amide bonds. The summed E-state index contributed by atoms with van der Waals surface area (Å²) < 4.78 is 11.6. The Morgan fingerprint density at radius 2 is 1.96 bits per heavy atom. The fourth-order valence-corrected chi connectivity index (χ4v) is 3.42. The van der Waals surface area contributed by atoms with Gasteiger partial charge in [0.15, 0.2) is 5.78 Å². The number of rotatable bonds is 4. The van der Waals surface area contributed by atoms with Gasteiger partial charge in [-0.2, -0.15) is 4.98 Å². The summed E-state index contributed by atoms with van der Waals surface area (Å²) in [4.78, 5) is 21.3. The third kappa shape index (κ3) is 3.01. The van der Waals surface area contributed by atoms with Gasteiger partial charge in [-0.05, 0) is 49.6 Å². The summed E-state index contributed by atoms with van der Waals surface area (Å²) in [6.07, 6.45) is 5.42. The molecular weight excluding hydrogens is 342 g/mol. The van der Waals surface area contributed by atoms with Crippen LogP contribution in [-0.2, 0) is 0 Å². The van der Waals surface area contributed by atoms with Gasteiger partial charge >= 0.3 is 0 Å². The van der Waals surface area contributed by atoms with Crippen LogP contribution in [0.2, 0.25) is 0 Å². The number of hydrogen-bond acceptors (Lipinski definition) is 6. The van der Waals surface area contributed by atoms with Crippen molar-refractivity contribution in [3.8, 4) is 28.6 Å². The van der Waals surface area contributed by atoms with E-state index in [4.69, 9.17) is 9.26 Å². The van der Waals surface area contributed by atoms with E-state index in [0.29, 0.717) is 35.0 Å². The first-order valence-electron chi connectivity index (χ1n) is 9.16. The summed E-state index contributed by atoms with van der Waals surface area (Å²) in [5, 5.41) is 4.06. The van der Waals surface area contributed by atoms with Gasteiger partial charge in [0.1, 0.15) is 11.4 Å². The van der Waals surface area contributed by atoms with Gasteiger partial charge in [0, 0.05) is 23.5 Å². The van der Waals surface area contributed by atoms with Gasteiger partial charge in [0.2, 0.25) is 5.82 Å². The Morgan fingerprint density at radius 1 is 1.15 bits per heavy atom. The molecule has 27 heavy (non-hydrogen) atoms. The average molecular weight is 363 g/mol. The number of benzene rings is 1. The smallest absolute Gasteiger partial charge is 0.258 e. The molecule has 1 aliphatic rings. The number of nitrogens with zero attached hydrogens (tertiary/aromatic N) is 3. The Balaban J connectivity index is 1.69. The number of ether oxygens (including phenoxy) is 1. The molecule has 0 N–H and O–H groups in total.